The number of nitrogens with one attached hydrogen (secondary N) is 1. The van der Waals surface area contributed by atoms with Gasteiger partial charge in [-0.3, -0.25) is 4.99 Å². The normalized spacial score (nSPS) is 18.8. The number of aryl methyl sites for hydroxylation is 1. The second kappa shape index (κ2) is 8.51. The Kier molecular flexibility index (Phi) is 7.36. The summed E-state index contributed by atoms with van der Waals surface area (Å²) in [5.74, 6) is 1.57. The summed E-state index contributed by atoms with van der Waals surface area (Å²) in [5.41, 5.74) is 1.27. The van der Waals surface area contributed by atoms with E-state index in [1.807, 2.05) is 14.1 Å². The van der Waals surface area contributed by atoms with Crippen molar-refractivity contribution < 1.29 is 4.74 Å². The molecule has 1 unspecified atom stereocenters. The molecule has 1 aliphatic heterocycles. The van der Waals surface area contributed by atoms with Gasteiger partial charge >= 0.3 is 0 Å². The van der Waals surface area contributed by atoms with Gasteiger partial charge in [-0.2, -0.15) is 0 Å². The number of nitrogens with zero attached hydrogens (tertiary/aromatic N) is 3. The van der Waals surface area contributed by atoms with Crippen LogP contribution in [0.25, 0.3) is 0 Å². The number of halogens is 1. The van der Waals surface area contributed by atoms with Crippen molar-refractivity contribution in [3.05, 3.63) is 24.0 Å². The molecule has 1 saturated heterocycles. The first-order valence-electron chi connectivity index (χ1n) is 6.79. The number of ether oxygens (including phenoxy) is 1. The van der Waals surface area contributed by atoms with E-state index in [1.54, 1.807) is 0 Å². The van der Waals surface area contributed by atoms with Crippen LogP contribution in [0.1, 0.15) is 12.0 Å². The SMILES string of the molecule is CN=C(NCc1ccn(C)c1)N(C)CC1CCOC1.I. The molecule has 2 heterocycles. The Balaban J connectivity index is 0.00000200. The van der Waals surface area contributed by atoms with Crippen LogP contribution in [-0.4, -0.2) is 49.3 Å². The number of hydrogen-bond acceptors (Lipinski definition) is 2. The predicted octanol–water partition coefficient (Wildman–Crippen LogP) is 1.69. The molecule has 0 aromatic carbocycles. The maximum Gasteiger partial charge on any atom is 0.193 e. The van der Waals surface area contributed by atoms with Gasteiger partial charge in [0.1, 0.15) is 0 Å². The lowest BCUT2D eigenvalue weighted by Crippen LogP contribution is -2.41. The highest BCUT2D eigenvalue weighted by molar-refractivity contribution is 14.0. The zero-order chi connectivity index (χ0) is 13.7. The van der Waals surface area contributed by atoms with E-state index < -0.39 is 0 Å². The van der Waals surface area contributed by atoms with Crippen molar-refractivity contribution >= 4 is 29.9 Å². The average Bonchev–Trinajstić information content (AvgIpc) is 3.02. The van der Waals surface area contributed by atoms with Gasteiger partial charge < -0.3 is 19.5 Å². The fourth-order valence-electron chi connectivity index (χ4n) is 2.43. The highest BCUT2D eigenvalue weighted by Gasteiger charge is 2.18. The summed E-state index contributed by atoms with van der Waals surface area (Å²) in [6, 6.07) is 2.12. The summed E-state index contributed by atoms with van der Waals surface area (Å²) in [4.78, 5) is 6.52. The zero-order valence-electron chi connectivity index (χ0n) is 12.5. The molecule has 6 heteroatoms. The van der Waals surface area contributed by atoms with Crippen LogP contribution >= 0.6 is 24.0 Å². The molecule has 0 amide bonds. The summed E-state index contributed by atoms with van der Waals surface area (Å²) in [5, 5.41) is 3.39. The molecule has 1 aromatic heterocycles. The van der Waals surface area contributed by atoms with Gasteiger partial charge in [0.2, 0.25) is 0 Å². The van der Waals surface area contributed by atoms with Gasteiger partial charge in [-0.05, 0) is 18.1 Å². The van der Waals surface area contributed by atoms with Gasteiger partial charge in [0.25, 0.3) is 0 Å². The number of aliphatic imine (C=N–C) groups is 1. The van der Waals surface area contributed by atoms with Crippen LogP contribution in [0, 0.1) is 5.92 Å². The molecule has 5 nitrogen and oxygen atoms in total. The molecule has 1 aromatic rings. The lowest BCUT2D eigenvalue weighted by molar-refractivity contribution is 0.181. The fourth-order valence-corrected chi connectivity index (χ4v) is 2.43. The van der Waals surface area contributed by atoms with Crippen molar-refractivity contribution in [3.63, 3.8) is 0 Å². The van der Waals surface area contributed by atoms with E-state index in [9.17, 15) is 0 Å². The highest BCUT2D eigenvalue weighted by Crippen LogP contribution is 2.13. The topological polar surface area (TPSA) is 41.8 Å². The van der Waals surface area contributed by atoms with E-state index in [1.165, 1.54) is 5.56 Å². The maximum atomic E-state index is 5.41. The molecule has 0 saturated carbocycles. The molecule has 1 N–H and O–H groups in total. The summed E-state index contributed by atoms with van der Waals surface area (Å²) in [7, 11) is 5.94. The summed E-state index contributed by atoms with van der Waals surface area (Å²) < 4.78 is 7.47. The lowest BCUT2D eigenvalue weighted by atomic mass is 10.1. The van der Waals surface area contributed by atoms with Crippen molar-refractivity contribution in [3.8, 4) is 0 Å². The Labute approximate surface area is 138 Å². The third-order valence-corrected chi connectivity index (χ3v) is 3.47. The predicted molar refractivity (Wildman–Crippen MR) is 92.6 cm³/mol. The molecule has 0 spiro atoms. The molecular weight excluding hydrogens is 367 g/mol. The molecule has 0 bridgehead atoms. The molecule has 0 radical (unpaired) electrons. The number of aromatic nitrogens is 1. The molecule has 2 rings (SSSR count). The second-order valence-electron chi connectivity index (χ2n) is 5.20. The van der Waals surface area contributed by atoms with E-state index in [2.05, 4.69) is 45.3 Å². The molecule has 114 valence electrons. The maximum absolute atomic E-state index is 5.41. The van der Waals surface area contributed by atoms with E-state index in [4.69, 9.17) is 4.74 Å². The van der Waals surface area contributed by atoms with Crippen molar-refractivity contribution in [1.82, 2.24) is 14.8 Å². The van der Waals surface area contributed by atoms with Crippen LogP contribution in [0.15, 0.2) is 23.5 Å². The van der Waals surface area contributed by atoms with E-state index in [-0.39, 0.29) is 24.0 Å². The number of hydrogen-bond donors (Lipinski definition) is 1. The van der Waals surface area contributed by atoms with Crippen molar-refractivity contribution in [2.24, 2.45) is 18.0 Å². The number of guanidine groups is 1. The van der Waals surface area contributed by atoms with Gasteiger partial charge in [-0.1, -0.05) is 0 Å². The van der Waals surface area contributed by atoms with Crippen molar-refractivity contribution in [2.75, 3.05) is 33.9 Å². The van der Waals surface area contributed by atoms with Crippen LogP contribution in [0.3, 0.4) is 0 Å². The Morgan fingerprint density at radius 3 is 2.95 bits per heavy atom. The minimum Gasteiger partial charge on any atom is -0.381 e. The quantitative estimate of drug-likeness (QED) is 0.482. The Bertz CT molecular complexity index is 427. The summed E-state index contributed by atoms with van der Waals surface area (Å²) in [6.45, 7) is 3.57. The van der Waals surface area contributed by atoms with Crippen LogP contribution in [0.4, 0.5) is 0 Å². The van der Waals surface area contributed by atoms with E-state index in [0.29, 0.717) is 5.92 Å². The monoisotopic (exact) mass is 392 g/mol. The Morgan fingerprint density at radius 1 is 1.60 bits per heavy atom. The van der Waals surface area contributed by atoms with Gasteiger partial charge in [0, 0.05) is 59.2 Å². The van der Waals surface area contributed by atoms with Gasteiger partial charge in [0.05, 0.1) is 6.61 Å². The largest absolute Gasteiger partial charge is 0.381 e. The lowest BCUT2D eigenvalue weighted by Gasteiger charge is -2.24. The molecule has 1 atom stereocenters. The van der Waals surface area contributed by atoms with Gasteiger partial charge in [-0.25, -0.2) is 0 Å². The number of rotatable bonds is 4. The minimum absolute atomic E-state index is 0. The van der Waals surface area contributed by atoms with Crippen molar-refractivity contribution in [2.45, 2.75) is 13.0 Å². The fraction of sp³-hybridized carbons (Fsp3) is 0.643. The first-order chi connectivity index (χ1) is 9.19. The first kappa shape index (κ1) is 17.3. The summed E-state index contributed by atoms with van der Waals surface area (Å²) >= 11 is 0. The smallest absolute Gasteiger partial charge is 0.193 e. The van der Waals surface area contributed by atoms with Crippen LogP contribution < -0.4 is 5.32 Å². The van der Waals surface area contributed by atoms with Crippen molar-refractivity contribution in [1.29, 1.82) is 0 Å². The molecule has 1 aliphatic rings. The second-order valence-corrected chi connectivity index (χ2v) is 5.20. The zero-order valence-corrected chi connectivity index (χ0v) is 14.8. The molecule has 0 aliphatic carbocycles. The molecule has 20 heavy (non-hydrogen) atoms. The van der Waals surface area contributed by atoms with E-state index in [0.717, 1.165) is 38.7 Å². The Hall–Kier alpha value is -0.760. The third kappa shape index (κ3) is 4.97. The first-order valence-corrected chi connectivity index (χ1v) is 6.79. The standard InChI is InChI=1S/C14H24N4O.HI/c1-15-14(16-8-12-4-6-17(2)9-12)18(3)10-13-5-7-19-11-13;/h4,6,9,13H,5,7-8,10-11H2,1-3H3,(H,15,16);1H. The van der Waals surface area contributed by atoms with Crippen LogP contribution in [0.5, 0.6) is 0 Å². The van der Waals surface area contributed by atoms with Crippen LogP contribution in [0.2, 0.25) is 0 Å². The van der Waals surface area contributed by atoms with Crippen LogP contribution in [-0.2, 0) is 18.3 Å². The Morgan fingerprint density at radius 2 is 2.40 bits per heavy atom. The van der Waals surface area contributed by atoms with E-state index >= 15 is 0 Å². The highest BCUT2D eigenvalue weighted by atomic mass is 127. The molecular formula is C14H25IN4O. The molecule has 1 fully saturated rings. The van der Waals surface area contributed by atoms with Gasteiger partial charge in [0.15, 0.2) is 5.96 Å². The third-order valence-electron chi connectivity index (χ3n) is 3.47. The average molecular weight is 392 g/mol. The summed E-state index contributed by atoms with van der Waals surface area (Å²) in [6.07, 6.45) is 5.32. The minimum atomic E-state index is 0. The van der Waals surface area contributed by atoms with Gasteiger partial charge in [-0.15, -0.1) is 24.0 Å².